The number of nitrogens with zero attached hydrogens (tertiary/aromatic N) is 1. The Labute approximate surface area is 207 Å². The van der Waals surface area contributed by atoms with Crippen LogP contribution in [0.1, 0.15) is 25.0 Å². The number of anilines is 1. The maximum Gasteiger partial charge on any atom is 0.329 e. The number of hydrogen-bond donors (Lipinski definition) is 1. The lowest BCUT2D eigenvalue weighted by atomic mass is 10.1. The molecule has 0 aliphatic carbocycles. The van der Waals surface area contributed by atoms with E-state index in [2.05, 4.69) is 5.32 Å². The molecule has 10 heteroatoms. The zero-order valence-corrected chi connectivity index (χ0v) is 20.6. The molecule has 3 amide bonds. The van der Waals surface area contributed by atoms with Crippen molar-refractivity contribution in [2.24, 2.45) is 0 Å². The number of methoxy groups -OCH3 is 1. The number of amides is 3. The Kier molecular flexibility index (Phi) is 8.53. The number of nitrogens with one attached hydrogen (secondary N) is 1. The molecule has 0 bridgehead atoms. The maximum atomic E-state index is 12.7. The van der Waals surface area contributed by atoms with Crippen LogP contribution in [0.15, 0.2) is 47.4 Å². The van der Waals surface area contributed by atoms with Crippen molar-refractivity contribution in [2.75, 3.05) is 25.6 Å². The molecule has 184 valence electrons. The van der Waals surface area contributed by atoms with Gasteiger partial charge in [-0.15, -0.1) is 0 Å². The van der Waals surface area contributed by atoms with Crippen molar-refractivity contribution in [2.45, 2.75) is 26.8 Å². The minimum atomic E-state index is -1.02. The number of rotatable bonds is 9. The number of esters is 1. The van der Waals surface area contributed by atoms with Crippen LogP contribution in [0.4, 0.5) is 10.5 Å². The van der Waals surface area contributed by atoms with Crippen molar-refractivity contribution in [3.63, 3.8) is 0 Å². The van der Waals surface area contributed by atoms with Gasteiger partial charge in [0.1, 0.15) is 6.04 Å². The standard InChI is InChI=1S/C25H26N2O7S/c1-5-33-24(30)16(3)27-23(29)21(35-25(27)31)13-17-8-11-19(20(12-17)32-4)34-14-22(28)26-18-9-6-15(2)7-10-18/h6-13,16H,5,14H2,1-4H3,(H,26,28)/b21-13+/t16-/m1/s1. The summed E-state index contributed by atoms with van der Waals surface area (Å²) in [6.45, 7) is 4.97. The monoisotopic (exact) mass is 498 g/mol. The smallest absolute Gasteiger partial charge is 0.329 e. The van der Waals surface area contributed by atoms with E-state index in [1.165, 1.54) is 20.1 Å². The van der Waals surface area contributed by atoms with Gasteiger partial charge in [-0.05, 0) is 68.4 Å². The predicted molar refractivity (Wildman–Crippen MR) is 132 cm³/mol. The molecular formula is C25H26N2O7S. The number of imide groups is 1. The number of aryl methyl sites for hydroxylation is 1. The third kappa shape index (κ3) is 6.42. The van der Waals surface area contributed by atoms with Crippen LogP contribution in [-0.2, 0) is 19.1 Å². The Bertz CT molecular complexity index is 1160. The highest BCUT2D eigenvalue weighted by Gasteiger charge is 2.41. The average Bonchev–Trinajstić information content (AvgIpc) is 3.11. The summed E-state index contributed by atoms with van der Waals surface area (Å²) in [5.41, 5.74) is 2.33. The van der Waals surface area contributed by atoms with E-state index in [1.807, 2.05) is 19.1 Å². The van der Waals surface area contributed by atoms with Gasteiger partial charge in [0, 0.05) is 5.69 Å². The first-order valence-corrected chi connectivity index (χ1v) is 11.7. The lowest BCUT2D eigenvalue weighted by Gasteiger charge is -2.19. The molecule has 2 aromatic carbocycles. The SMILES string of the molecule is CCOC(=O)[C@@H](C)N1C(=O)S/C(=C/c2ccc(OCC(=O)Nc3ccc(C)cc3)c(OC)c2)C1=O. The third-order valence-electron chi connectivity index (χ3n) is 5.02. The number of carbonyl (C=O) groups excluding carboxylic acids is 4. The van der Waals surface area contributed by atoms with E-state index in [-0.39, 0.29) is 24.0 Å². The summed E-state index contributed by atoms with van der Waals surface area (Å²) in [5, 5.41) is 2.20. The van der Waals surface area contributed by atoms with Gasteiger partial charge in [0.2, 0.25) is 0 Å². The molecule has 1 aliphatic rings. The quantitative estimate of drug-likeness (QED) is 0.408. The van der Waals surface area contributed by atoms with E-state index in [0.29, 0.717) is 22.7 Å². The Morgan fingerprint density at radius 3 is 2.49 bits per heavy atom. The van der Waals surface area contributed by atoms with Crippen LogP contribution in [0.2, 0.25) is 0 Å². The number of benzene rings is 2. The topological polar surface area (TPSA) is 111 Å². The minimum absolute atomic E-state index is 0.150. The van der Waals surface area contributed by atoms with Crippen molar-refractivity contribution >= 4 is 46.5 Å². The lowest BCUT2D eigenvalue weighted by Crippen LogP contribution is -2.42. The van der Waals surface area contributed by atoms with Gasteiger partial charge in [-0.2, -0.15) is 0 Å². The summed E-state index contributed by atoms with van der Waals surface area (Å²) in [7, 11) is 1.45. The molecule has 1 aliphatic heterocycles. The van der Waals surface area contributed by atoms with Crippen molar-refractivity contribution in [1.82, 2.24) is 4.90 Å². The summed E-state index contributed by atoms with van der Waals surface area (Å²) in [6.07, 6.45) is 1.53. The Balaban J connectivity index is 1.68. The highest BCUT2D eigenvalue weighted by molar-refractivity contribution is 8.18. The fraction of sp³-hybridized carbons (Fsp3) is 0.280. The largest absolute Gasteiger partial charge is 0.493 e. The Hall–Kier alpha value is -3.79. The number of carbonyl (C=O) groups is 4. The molecule has 0 saturated carbocycles. The molecule has 0 aromatic heterocycles. The zero-order valence-electron chi connectivity index (χ0n) is 19.8. The van der Waals surface area contributed by atoms with E-state index in [1.54, 1.807) is 37.3 Å². The summed E-state index contributed by atoms with van der Waals surface area (Å²) < 4.78 is 15.9. The van der Waals surface area contributed by atoms with Gasteiger partial charge in [0.15, 0.2) is 18.1 Å². The van der Waals surface area contributed by atoms with Crippen LogP contribution in [0.25, 0.3) is 6.08 Å². The van der Waals surface area contributed by atoms with Crippen LogP contribution in [-0.4, -0.2) is 54.3 Å². The fourth-order valence-electron chi connectivity index (χ4n) is 3.20. The summed E-state index contributed by atoms with van der Waals surface area (Å²) in [5.74, 6) is -0.864. The van der Waals surface area contributed by atoms with Crippen molar-refractivity contribution in [3.8, 4) is 11.5 Å². The molecule has 9 nitrogen and oxygen atoms in total. The van der Waals surface area contributed by atoms with Gasteiger partial charge >= 0.3 is 5.97 Å². The molecule has 1 heterocycles. The molecule has 0 radical (unpaired) electrons. The van der Waals surface area contributed by atoms with E-state index in [4.69, 9.17) is 14.2 Å². The summed E-state index contributed by atoms with van der Waals surface area (Å²) in [4.78, 5) is 50.3. The molecule has 3 rings (SSSR count). The molecular weight excluding hydrogens is 472 g/mol. The van der Waals surface area contributed by atoms with Crippen LogP contribution in [0.5, 0.6) is 11.5 Å². The van der Waals surface area contributed by atoms with E-state index in [0.717, 1.165) is 22.2 Å². The first-order valence-electron chi connectivity index (χ1n) is 10.8. The van der Waals surface area contributed by atoms with Crippen molar-refractivity contribution in [3.05, 3.63) is 58.5 Å². The first-order chi connectivity index (χ1) is 16.7. The second-order valence-corrected chi connectivity index (χ2v) is 8.59. The molecule has 1 N–H and O–H groups in total. The van der Waals surface area contributed by atoms with Crippen LogP contribution in [0.3, 0.4) is 0 Å². The van der Waals surface area contributed by atoms with Gasteiger partial charge in [-0.25, -0.2) is 4.79 Å². The van der Waals surface area contributed by atoms with Crippen LogP contribution in [0, 0.1) is 6.92 Å². The van der Waals surface area contributed by atoms with Gasteiger partial charge < -0.3 is 19.5 Å². The van der Waals surface area contributed by atoms with E-state index in [9.17, 15) is 19.2 Å². The van der Waals surface area contributed by atoms with Crippen molar-refractivity contribution in [1.29, 1.82) is 0 Å². The fourth-order valence-corrected chi connectivity index (χ4v) is 4.11. The lowest BCUT2D eigenvalue weighted by molar-refractivity contribution is -0.150. The zero-order chi connectivity index (χ0) is 25.5. The van der Waals surface area contributed by atoms with E-state index < -0.39 is 23.2 Å². The molecule has 1 fully saturated rings. The third-order valence-corrected chi connectivity index (χ3v) is 5.90. The second kappa shape index (κ2) is 11.6. The van der Waals surface area contributed by atoms with Gasteiger partial charge in [0.25, 0.3) is 17.1 Å². The molecule has 2 aromatic rings. The maximum absolute atomic E-state index is 12.7. The van der Waals surface area contributed by atoms with Gasteiger partial charge in [-0.1, -0.05) is 23.8 Å². The highest BCUT2D eigenvalue weighted by Crippen LogP contribution is 2.35. The Morgan fingerprint density at radius 2 is 1.83 bits per heavy atom. The first kappa shape index (κ1) is 25.8. The molecule has 0 spiro atoms. The molecule has 1 saturated heterocycles. The van der Waals surface area contributed by atoms with Gasteiger partial charge in [0.05, 0.1) is 18.6 Å². The van der Waals surface area contributed by atoms with Gasteiger partial charge in [-0.3, -0.25) is 19.3 Å². The number of thioether (sulfide) groups is 1. The normalized spacial score (nSPS) is 15.2. The van der Waals surface area contributed by atoms with Crippen molar-refractivity contribution < 1.29 is 33.4 Å². The second-order valence-electron chi connectivity index (χ2n) is 7.59. The summed E-state index contributed by atoms with van der Waals surface area (Å²) >= 11 is 0.740. The van der Waals surface area contributed by atoms with Crippen LogP contribution >= 0.6 is 11.8 Å². The van der Waals surface area contributed by atoms with E-state index >= 15 is 0 Å². The number of hydrogen-bond acceptors (Lipinski definition) is 8. The molecule has 0 unspecified atom stereocenters. The average molecular weight is 499 g/mol. The predicted octanol–water partition coefficient (Wildman–Crippen LogP) is 4.01. The molecule has 35 heavy (non-hydrogen) atoms. The summed E-state index contributed by atoms with van der Waals surface area (Å²) in [6, 6.07) is 11.3. The van der Waals surface area contributed by atoms with Crippen LogP contribution < -0.4 is 14.8 Å². The molecule has 1 atom stereocenters. The highest BCUT2D eigenvalue weighted by atomic mass is 32.2. The minimum Gasteiger partial charge on any atom is -0.493 e. The Morgan fingerprint density at radius 1 is 1.11 bits per heavy atom. The number of ether oxygens (including phenoxy) is 3.